The number of anilines is 4. The van der Waals surface area contributed by atoms with Crippen molar-refractivity contribution in [3.63, 3.8) is 0 Å². The minimum Gasteiger partial charge on any atom is -0.333 e. The Kier molecular flexibility index (Phi) is 5.27. The van der Waals surface area contributed by atoms with Crippen molar-refractivity contribution in [3.05, 3.63) is 69.6 Å². The predicted molar refractivity (Wildman–Crippen MR) is 95.9 cm³/mol. The van der Waals surface area contributed by atoms with E-state index in [0.29, 0.717) is 0 Å². The number of nitrogens with one attached hydrogen (secondary N) is 2. The standard InChI is InChI=1S/C16H10ClF3N6O2/c17-10-5-4-9(16(18,19)20)7-11(10)24-14-13(26(27)28)15(23-8-22-14)25-12-3-1-2-6-21-12/h1-8H,(H2,21,22,23,24,25). The fourth-order valence-corrected chi connectivity index (χ4v) is 2.38. The number of nitrogens with zero attached hydrogens (tertiary/aromatic N) is 4. The summed E-state index contributed by atoms with van der Waals surface area (Å²) < 4.78 is 38.8. The third-order valence-corrected chi connectivity index (χ3v) is 3.79. The molecular weight excluding hydrogens is 401 g/mol. The Morgan fingerprint density at radius 2 is 1.75 bits per heavy atom. The SMILES string of the molecule is O=[N+]([O-])c1c(Nc2ccccn2)ncnc1Nc1cc(C(F)(F)F)ccc1Cl. The van der Waals surface area contributed by atoms with Crippen molar-refractivity contribution in [2.45, 2.75) is 6.18 Å². The van der Waals surface area contributed by atoms with Crippen molar-refractivity contribution in [1.82, 2.24) is 15.0 Å². The molecule has 8 nitrogen and oxygen atoms in total. The van der Waals surface area contributed by atoms with Gasteiger partial charge in [0.05, 0.1) is 21.2 Å². The molecule has 0 aliphatic carbocycles. The van der Waals surface area contributed by atoms with E-state index >= 15 is 0 Å². The lowest BCUT2D eigenvalue weighted by molar-refractivity contribution is -0.383. The van der Waals surface area contributed by atoms with Gasteiger partial charge >= 0.3 is 11.9 Å². The van der Waals surface area contributed by atoms with Crippen molar-refractivity contribution in [3.8, 4) is 0 Å². The second-order valence-corrected chi connectivity index (χ2v) is 5.74. The molecular formula is C16H10ClF3N6O2. The smallest absolute Gasteiger partial charge is 0.333 e. The highest BCUT2D eigenvalue weighted by Crippen LogP contribution is 2.37. The van der Waals surface area contributed by atoms with Gasteiger partial charge < -0.3 is 10.6 Å². The van der Waals surface area contributed by atoms with Crippen LogP contribution in [0.3, 0.4) is 0 Å². The third-order valence-electron chi connectivity index (χ3n) is 3.46. The van der Waals surface area contributed by atoms with Crippen molar-refractivity contribution < 1.29 is 18.1 Å². The zero-order valence-corrected chi connectivity index (χ0v) is 14.5. The number of alkyl halides is 3. The molecule has 1 aromatic carbocycles. The van der Waals surface area contributed by atoms with E-state index in [9.17, 15) is 23.3 Å². The lowest BCUT2D eigenvalue weighted by atomic mass is 10.2. The van der Waals surface area contributed by atoms with Gasteiger partial charge in [0, 0.05) is 6.20 Å². The lowest BCUT2D eigenvalue weighted by Gasteiger charge is -2.13. The minimum absolute atomic E-state index is 0.0693. The molecule has 0 aliphatic heterocycles. The molecule has 12 heteroatoms. The fourth-order valence-electron chi connectivity index (χ4n) is 2.22. The first-order valence-corrected chi connectivity index (χ1v) is 7.94. The number of rotatable bonds is 5. The van der Waals surface area contributed by atoms with Gasteiger partial charge in [-0.2, -0.15) is 13.2 Å². The molecule has 3 aromatic rings. The second-order valence-electron chi connectivity index (χ2n) is 5.33. The first-order chi connectivity index (χ1) is 13.3. The molecule has 0 saturated heterocycles. The van der Waals surface area contributed by atoms with Crippen LogP contribution in [0.25, 0.3) is 0 Å². The lowest BCUT2D eigenvalue weighted by Crippen LogP contribution is -2.08. The van der Waals surface area contributed by atoms with Crippen LogP contribution >= 0.6 is 11.6 Å². The Hall–Kier alpha value is -3.47. The van der Waals surface area contributed by atoms with Crippen LogP contribution < -0.4 is 10.6 Å². The summed E-state index contributed by atoms with van der Waals surface area (Å²) >= 11 is 5.93. The second kappa shape index (κ2) is 7.64. The molecule has 0 bridgehead atoms. The predicted octanol–water partition coefficient (Wildman–Crippen LogP) is 4.94. The molecule has 2 heterocycles. The van der Waals surface area contributed by atoms with Gasteiger partial charge in [0.15, 0.2) is 0 Å². The van der Waals surface area contributed by atoms with Crippen LogP contribution in [0.1, 0.15) is 5.56 Å². The van der Waals surface area contributed by atoms with Crippen LogP contribution in [0.5, 0.6) is 0 Å². The van der Waals surface area contributed by atoms with Crippen molar-refractivity contribution in [2.24, 2.45) is 0 Å². The van der Waals surface area contributed by atoms with E-state index in [1.165, 1.54) is 6.20 Å². The van der Waals surface area contributed by atoms with E-state index < -0.39 is 22.4 Å². The Bertz CT molecular complexity index is 1020. The molecule has 0 atom stereocenters. The average molecular weight is 411 g/mol. The Morgan fingerprint density at radius 3 is 2.36 bits per heavy atom. The molecule has 3 rings (SSSR count). The largest absolute Gasteiger partial charge is 0.416 e. The normalized spacial score (nSPS) is 11.1. The summed E-state index contributed by atoms with van der Waals surface area (Å²) in [5.41, 5.74) is -1.74. The molecule has 0 amide bonds. The van der Waals surface area contributed by atoms with Gasteiger partial charge in [-0.3, -0.25) is 10.1 Å². The first kappa shape index (κ1) is 19.3. The highest BCUT2D eigenvalue weighted by atomic mass is 35.5. The monoisotopic (exact) mass is 410 g/mol. The Morgan fingerprint density at radius 1 is 1.04 bits per heavy atom. The number of hydrogen-bond donors (Lipinski definition) is 2. The maximum absolute atomic E-state index is 12.9. The van der Waals surface area contributed by atoms with Crippen molar-refractivity contribution in [1.29, 1.82) is 0 Å². The van der Waals surface area contributed by atoms with Crippen LogP contribution in [-0.4, -0.2) is 19.9 Å². The van der Waals surface area contributed by atoms with E-state index in [2.05, 4.69) is 25.6 Å². The number of halogens is 4. The topological polar surface area (TPSA) is 106 Å². The summed E-state index contributed by atoms with van der Waals surface area (Å²) in [6.07, 6.45) is -2.12. The van der Waals surface area contributed by atoms with Crippen LogP contribution in [-0.2, 0) is 6.18 Å². The maximum Gasteiger partial charge on any atom is 0.416 e. The van der Waals surface area contributed by atoms with Crippen LogP contribution in [0.2, 0.25) is 5.02 Å². The van der Waals surface area contributed by atoms with Gasteiger partial charge in [-0.1, -0.05) is 17.7 Å². The molecule has 0 radical (unpaired) electrons. The van der Waals surface area contributed by atoms with Gasteiger partial charge in [-0.25, -0.2) is 15.0 Å². The third kappa shape index (κ3) is 4.26. The van der Waals surface area contributed by atoms with Gasteiger partial charge in [0.25, 0.3) is 0 Å². The summed E-state index contributed by atoms with van der Waals surface area (Å²) in [5, 5.41) is 16.6. The van der Waals surface area contributed by atoms with Crippen LogP contribution in [0.15, 0.2) is 48.9 Å². The van der Waals surface area contributed by atoms with E-state index in [1.54, 1.807) is 18.2 Å². The molecule has 28 heavy (non-hydrogen) atoms. The molecule has 0 fully saturated rings. The van der Waals surface area contributed by atoms with Gasteiger partial charge in [-0.15, -0.1) is 0 Å². The number of nitro groups is 1. The molecule has 2 N–H and O–H groups in total. The summed E-state index contributed by atoms with van der Waals surface area (Å²) in [4.78, 5) is 22.3. The van der Waals surface area contributed by atoms with Crippen molar-refractivity contribution in [2.75, 3.05) is 10.6 Å². The van der Waals surface area contributed by atoms with Gasteiger partial charge in [0.1, 0.15) is 12.1 Å². The van der Waals surface area contributed by atoms with E-state index in [4.69, 9.17) is 11.6 Å². The zero-order chi connectivity index (χ0) is 20.3. The van der Waals surface area contributed by atoms with E-state index in [-0.39, 0.29) is 28.2 Å². The van der Waals surface area contributed by atoms with Crippen molar-refractivity contribution >= 4 is 40.4 Å². The number of pyridine rings is 1. The first-order valence-electron chi connectivity index (χ1n) is 7.57. The quantitative estimate of drug-likeness (QED) is 0.453. The average Bonchev–Trinajstić information content (AvgIpc) is 2.63. The highest BCUT2D eigenvalue weighted by Gasteiger charge is 2.31. The van der Waals surface area contributed by atoms with Gasteiger partial charge in [-0.05, 0) is 30.3 Å². The summed E-state index contributed by atoms with van der Waals surface area (Å²) in [6, 6.07) is 7.44. The summed E-state index contributed by atoms with van der Waals surface area (Å²) in [7, 11) is 0. The molecule has 0 aliphatic rings. The summed E-state index contributed by atoms with van der Waals surface area (Å²) in [6.45, 7) is 0. The van der Waals surface area contributed by atoms with Crippen LogP contribution in [0, 0.1) is 10.1 Å². The zero-order valence-electron chi connectivity index (χ0n) is 13.7. The Balaban J connectivity index is 2.01. The molecule has 144 valence electrons. The molecule has 0 saturated carbocycles. The molecule has 2 aromatic heterocycles. The number of benzene rings is 1. The maximum atomic E-state index is 12.9. The fraction of sp³-hybridized carbons (Fsp3) is 0.0625. The van der Waals surface area contributed by atoms with E-state index in [1.807, 2.05) is 0 Å². The van der Waals surface area contributed by atoms with Crippen LogP contribution in [0.4, 0.5) is 42.0 Å². The minimum atomic E-state index is -4.61. The van der Waals surface area contributed by atoms with E-state index in [0.717, 1.165) is 24.5 Å². The molecule has 0 unspecified atom stereocenters. The molecule has 0 spiro atoms. The summed E-state index contributed by atoms with van der Waals surface area (Å²) in [5.74, 6) is -0.240. The highest BCUT2D eigenvalue weighted by molar-refractivity contribution is 6.33. The van der Waals surface area contributed by atoms with Gasteiger partial charge in [0.2, 0.25) is 11.6 Å². The number of aromatic nitrogens is 3. The Labute approximate surface area is 160 Å². The number of hydrogen-bond acceptors (Lipinski definition) is 7.